The van der Waals surface area contributed by atoms with Crippen LogP contribution in [0.15, 0.2) is 59.1 Å². The molecule has 1 heterocycles. The van der Waals surface area contributed by atoms with E-state index in [2.05, 4.69) is 56.5 Å². The van der Waals surface area contributed by atoms with Gasteiger partial charge >= 0.3 is 0 Å². The van der Waals surface area contributed by atoms with Crippen molar-refractivity contribution >= 4 is 46.5 Å². The second-order valence-corrected chi connectivity index (χ2v) is 7.18. The standard InChI is InChI=1S/C20H23BrN2O.2ClH/c21-18-8-6-17(7-9-18)20(24)10-12-23-13-11-22-15-19(23)14-16-4-2-1-3-5-16;;/h1-9,19,22H,10-15H2;2*1H. The van der Waals surface area contributed by atoms with E-state index in [4.69, 9.17) is 0 Å². The molecule has 0 saturated carbocycles. The molecule has 1 saturated heterocycles. The molecule has 1 N–H and O–H groups in total. The van der Waals surface area contributed by atoms with Gasteiger partial charge < -0.3 is 5.32 Å². The van der Waals surface area contributed by atoms with Crippen molar-refractivity contribution in [3.8, 4) is 0 Å². The third kappa shape index (κ3) is 6.67. The predicted molar refractivity (Wildman–Crippen MR) is 116 cm³/mol. The molecular weight excluding hydrogens is 435 g/mol. The van der Waals surface area contributed by atoms with Crippen LogP contribution in [-0.4, -0.2) is 42.9 Å². The number of carbonyl (C=O) groups is 1. The minimum atomic E-state index is 0. The summed E-state index contributed by atoms with van der Waals surface area (Å²) in [5, 5.41) is 3.48. The second kappa shape index (κ2) is 11.7. The fourth-order valence-electron chi connectivity index (χ4n) is 3.21. The van der Waals surface area contributed by atoms with Crippen LogP contribution in [0.5, 0.6) is 0 Å². The zero-order valence-electron chi connectivity index (χ0n) is 14.6. The summed E-state index contributed by atoms with van der Waals surface area (Å²) in [6.45, 7) is 3.82. The van der Waals surface area contributed by atoms with Crippen molar-refractivity contribution in [1.29, 1.82) is 0 Å². The molecule has 1 aliphatic heterocycles. The Morgan fingerprint density at radius 2 is 1.77 bits per heavy atom. The van der Waals surface area contributed by atoms with Gasteiger partial charge in [-0.25, -0.2) is 0 Å². The number of nitrogens with one attached hydrogen (secondary N) is 1. The van der Waals surface area contributed by atoms with Gasteiger partial charge in [-0.2, -0.15) is 0 Å². The summed E-state index contributed by atoms with van der Waals surface area (Å²) < 4.78 is 1.00. The SMILES string of the molecule is Cl.Cl.O=C(CCN1CCNCC1Cc1ccccc1)c1ccc(Br)cc1. The number of nitrogens with zero attached hydrogens (tertiary/aromatic N) is 1. The molecule has 2 aromatic carbocycles. The molecule has 1 unspecified atom stereocenters. The average Bonchev–Trinajstić information content (AvgIpc) is 2.62. The Labute approximate surface area is 176 Å². The first-order chi connectivity index (χ1) is 11.7. The maximum absolute atomic E-state index is 12.4. The van der Waals surface area contributed by atoms with E-state index in [1.807, 2.05) is 24.3 Å². The van der Waals surface area contributed by atoms with Gasteiger partial charge in [0.15, 0.2) is 5.78 Å². The number of rotatable bonds is 6. The lowest BCUT2D eigenvalue weighted by Gasteiger charge is -2.36. The summed E-state index contributed by atoms with van der Waals surface area (Å²) in [6.07, 6.45) is 1.60. The smallest absolute Gasteiger partial charge is 0.164 e. The fraction of sp³-hybridized carbons (Fsp3) is 0.350. The van der Waals surface area contributed by atoms with E-state index in [-0.39, 0.29) is 30.6 Å². The van der Waals surface area contributed by atoms with Gasteiger partial charge in [0.2, 0.25) is 0 Å². The number of hydrogen-bond donors (Lipinski definition) is 1. The van der Waals surface area contributed by atoms with Crippen LogP contribution in [0.4, 0.5) is 0 Å². The Morgan fingerprint density at radius 1 is 1.08 bits per heavy atom. The number of Topliss-reactive ketones (excluding diaryl/α,β-unsaturated/α-hetero) is 1. The molecule has 3 rings (SSSR count). The van der Waals surface area contributed by atoms with E-state index in [9.17, 15) is 4.79 Å². The number of ketones is 1. The summed E-state index contributed by atoms with van der Waals surface area (Å²) in [6, 6.07) is 18.7. The zero-order chi connectivity index (χ0) is 16.8. The quantitative estimate of drug-likeness (QED) is 0.650. The molecule has 6 heteroatoms. The van der Waals surface area contributed by atoms with Gasteiger partial charge in [-0.15, -0.1) is 24.8 Å². The highest BCUT2D eigenvalue weighted by atomic mass is 79.9. The third-order valence-corrected chi connectivity index (χ3v) is 5.11. The largest absolute Gasteiger partial charge is 0.314 e. The van der Waals surface area contributed by atoms with E-state index in [1.165, 1.54) is 5.56 Å². The molecule has 0 spiro atoms. The lowest BCUT2D eigenvalue weighted by Crippen LogP contribution is -2.52. The topological polar surface area (TPSA) is 32.3 Å². The first-order valence-corrected chi connectivity index (χ1v) is 9.29. The molecular formula is C20H25BrCl2N2O. The van der Waals surface area contributed by atoms with Crippen LogP contribution in [0.1, 0.15) is 22.3 Å². The van der Waals surface area contributed by atoms with Gasteiger partial charge in [-0.3, -0.25) is 9.69 Å². The second-order valence-electron chi connectivity index (χ2n) is 6.26. The number of piperazine rings is 1. The number of carbonyl (C=O) groups excluding carboxylic acids is 1. The van der Waals surface area contributed by atoms with Gasteiger partial charge in [-0.1, -0.05) is 58.4 Å². The van der Waals surface area contributed by atoms with E-state index < -0.39 is 0 Å². The molecule has 26 heavy (non-hydrogen) atoms. The van der Waals surface area contributed by atoms with Crippen molar-refractivity contribution < 1.29 is 4.79 Å². The maximum atomic E-state index is 12.4. The van der Waals surface area contributed by atoms with Crippen molar-refractivity contribution in [2.24, 2.45) is 0 Å². The van der Waals surface area contributed by atoms with Gasteiger partial charge in [0.25, 0.3) is 0 Å². The highest BCUT2D eigenvalue weighted by molar-refractivity contribution is 9.10. The van der Waals surface area contributed by atoms with E-state index in [1.54, 1.807) is 0 Å². The van der Waals surface area contributed by atoms with Crippen LogP contribution >= 0.6 is 40.7 Å². The van der Waals surface area contributed by atoms with Crippen LogP contribution in [-0.2, 0) is 6.42 Å². The number of benzene rings is 2. The molecule has 0 aliphatic carbocycles. The van der Waals surface area contributed by atoms with Crippen molar-refractivity contribution in [3.63, 3.8) is 0 Å². The maximum Gasteiger partial charge on any atom is 0.164 e. The molecule has 0 aromatic heterocycles. The van der Waals surface area contributed by atoms with Gasteiger partial charge in [0.05, 0.1) is 0 Å². The molecule has 0 radical (unpaired) electrons. The Morgan fingerprint density at radius 3 is 2.46 bits per heavy atom. The Bertz CT molecular complexity index is 667. The molecule has 2 aromatic rings. The molecule has 1 aliphatic rings. The summed E-state index contributed by atoms with van der Waals surface area (Å²) >= 11 is 3.41. The predicted octanol–water partition coefficient (Wildman–Crippen LogP) is 4.38. The normalized spacial score (nSPS) is 17.0. The van der Waals surface area contributed by atoms with E-state index in [0.717, 1.165) is 42.6 Å². The monoisotopic (exact) mass is 458 g/mol. The minimum Gasteiger partial charge on any atom is -0.314 e. The van der Waals surface area contributed by atoms with Gasteiger partial charge in [0, 0.05) is 48.7 Å². The molecule has 3 nitrogen and oxygen atoms in total. The van der Waals surface area contributed by atoms with Crippen LogP contribution in [0.25, 0.3) is 0 Å². The zero-order valence-corrected chi connectivity index (χ0v) is 17.8. The molecule has 1 fully saturated rings. The van der Waals surface area contributed by atoms with Crippen LogP contribution in [0.3, 0.4) is 0 Å². The highest BCUT2D eigenvalue weighted by Gasteiger charge is 2.22. The van der Waals surface area contributed by atoms with Crippen LogP contribution < -0.4 is 5.32 Å². The number of hydrogen-bond acceptors (Lipinski definition) is 3. The van der Waals surface area contributed by atoms with E-state index in [0.29, 0.717) is 12.5 Å². The summed E-state index contributed by atoms with van der Waals surface area (Å²) in [4.78, 5) is 14.9. The van der Waals surface area contributed by atoms with Crippen LogP contribution in [0.2, 0.25) is 0 Å². The van der Waals surface area contributed by atoms with Crippen molar-refractivity contribution in [3.05, 3.63) is 70.2 Å². The molecule has 142 valence electrons. The lowest BCUT2D eigenvalue weighted by atomic mass is 10.0. The Hall–Kier alpha value is -0.910. The summed E-state index contributed by atoms with van der Waals surface area (Å²) in [5.41, 5.74) is 2.16. The van der Waals surface area contributed by atoms with E-state index >= 15 is 0 Å². The Balaban J connectivity index is 0.00000169. The molecule has 0 bridgehead atoms. The van der Waals surface area contributed by atoms with Gasteiger partial charge in [-0.05, 0) is 24.1 Å². The van der Waals surface area contributed by atoms with Crippen LogP contribution in [0, 0.1) is 0 Å². The van der Waals surface area contributed by atoms with Crippen molar-refractivity contribution in [1.82, 2.24) is 10.2 Å². The number of halogens is 3. The first-order valence-electron chi connectivity index (χ1n) is 8.50. The first kappa shape index (κ1) is 23.1. The average molecular weight is 460 g/mol. The fourth-order valence-corrected chi connectivity index (χ4v) is 3.47. The third-order valence-electron chi connectivity index (χ3n) is 4.58. The minimum absolute atomic E-state index is 0. The van der Waals surface area contributed by atoms with Crippen molar-refractivity contribution in [2.45, 2.75) is 18.9 Å². The highest BCUT2D eigenvalue weighted by Crippen LogP contribution is 2.15. The Kier molecular flexibility index (Phi) is 10.4. The molecule has 0 amide bonds. The summed E-state index contributed by atoms with van der Waals surface area (Å²) in [7, 11) is 0. The summed E-state index contributed by atoms with van der Waals surface area (Å²) in [5.74, 6) is 0.222. The lowest BCUT2D eigenvalue weighted by molar-refractivity contribution is 0.0935. The van der Waals surface area contributed by atoms with Gasteiger partial charge in [0.1, 0.15) is 0 Å². The molecule has 1 atom stereocenters. The van der Waals surface area contributed by atoms with Crippen molar-refractivity contribution in [2.75, 3.05) is 26.2 Å².